The fourth-order valence-corrected chi connectivity index (χ4v) is 3.23. The molecule has 5 heteroatoms. The van der Waals surface area contributed by atoms with Gasteiger partial charge in [0.15, 0.2) is 0 Å². The summed E-state index contributed by atoms with van der Waals surface area (Å²) in [7, 11) is 0. The molecule has 19 heavy (non-hydrogen) atoms. The fraction of sp³-hybridized carbons (Fsp3) is 0.286. The van der Waals surface area contributed by atoms with Crippen molar-refractivity contribution in [1.29, 1.82) is 0 Å². The van der Waals surface area contributed by atoms with Gasteiger partial charge in [-0.05, 0) is 63.7 Å². The molecule has 3 nitrogen and oxygen atoms in total. The highest BCUT2D eigenvalue weighted by atomic mass is 127. The van der Waals surface area contributed by atoms with Crippen LogP contribution >= 0.6 is 33.9 Å². The molecule has 0 saturated heterocycles. The summed E-state index contributed by atoms with van der Waals surface area (Å²) in [6, 6.07) is 10.3. The number of hydrogen-bond acceptors (Lipinski definition) is 4. The lowest BCUT2D eigenvalue weighted by Crippen LogP contribution is -2.28. The van der Waals surface area contributed by atoms with Crippen LogP contribution in [0.2, 0.25) is 0 Å². The van der Waals surface area contributed by atoms with Gasteiger partial charge in [0.1, 0.15) is 5.75 Å². The molecule has 0 aliphatic rings. The normalized spacial score (nSPS) is 12.4. The quantitative estimate of drug-likeness (QED) is 0.451. The minimum atomic E-state index is 0.0278. The maximum absolute atomic E-state index is 5.69. The van der Waals surface area contributed by atoms with Gasteiger partial charge in [0.25, 0.3) is 0 Å². The van der Waals surface area contributed by atoms with Crippen molar-refractivity contribution in [3.05, 3.63) is 49.7 Å². The molecule has 1 unspecified atom stereocenters. The summed E-state index contributed by atoms with van der Waals surface area (Å²) < 4.78 is 6.84. The van der Waals surface area contributed by atoms with Crippen LogP contribution in [-0.2, 0) is 0 Å². The first kappa shape index (κ1) is 14.8. The summed E-state index contributed by atoms with van der Waals surface area (Å²) in [4.78, 5) is 0. The Morgan fingerprint density at radius 1 is 1.32 bits per heavy atom. The average molecular weight is 388 g/mol. The fourth-order valence-electron chi connectivity index (χ4n) is 1.84. The highest BCUT2D eigenvalue weighted by Gasteiger charge is 2.13. The van der Waals surface area contributed by atoms with Crippen LogP contribution in [0.15, 0.2) is 35.7 Å². The summed E-state index contributed by atoms with van der Waals surface area (Å²) in [5.41, 5.74) is 5.21. The van der Waals surface area contributed by atoms with Crippen molar-refractivity contribution < 1.29 is 4.74 Å². The minimum absolute atomic E-state index is 0.0278. The molecule has 0 bridgehead atoms. The summed E-state index contributed by atoms with van der Waals surface area (Å²) >= 11 is 4.04. The summed E-state index contributed by atoms with van der Waals surface area (Å²) in [6.07, 6.45) is 1.02. The van der Waals surface area contributed by atoms with E-state index in [4.69, 9.17) is 10.6 Å². The van der Waals surface area contributed by atoms with E-state index in [-0.39, 0.29) is 6.04 Å². The molecule has 3 N–H and O–H groups in total. The van der Waals surface area contributed by atoms with Crippen molar-refractivity contribution in [3.63, 3.8) is 0 Å². The van der Waals surface area contributed by atoms with E-state index in [0.29, 0.717) is 0 Å². The van der Waals surface area contributed by atoms with Crippen LogP contribution in [0, 0.1) is 2.88 Å². The Kier molecular flexibility index (Phi) is 5.62. The second-order valence-electron chi connectivity index (χ2n) is 4.20. The third-order valence-corrected chi connectivity index (χ3v) is 4.58. The van der Waals surface area contributed by atoms with E-state index in [1.807, 2.05) is 12.1 Å². The standard InChI is InChI=1S/C14H17IN2OS/c1-2-7-18-12-5-3-10(4-6-12)14(17-16)11-8-13(15)19-9-11/h3-6,8-9,14,17H,2,7,16H2,1H3. The molecule has 2 aromatic rings. The predicted molar refractivity (Wildman–Crippen MR) is 88.4 cm³/mol. The van der Waals surface area contributed by atoms with Crippen LogP contribution in [0.5, 0.6) is 5.75 Å². The molecule has 102 valence electrons. The summed E-state index contributed by atoms with van der Waals surface area (Å²) in [6.45, 7) is 2.85. The van der Waals surface area contributed by atoms with Gasteiger partial charge in [0.2, 0.25) is 0 Å². The van der Waals surface area contributed by atoms with Gasteiger partial charge in [0.05, 0.1) is 15.5 Å². The third kappa shape index (κ3) is 3.92. The Labute approximate surface area is 131 Å². The number of benzene rings is 1. The van der Waals surface area contributed by atoms with Crippen molar-refractivity contribution in [2.45, 2.75) is 19.4 Å². The maximum atomic E-state index is 5.69. The Balaban J connectivity index is 2.15. The highest BCUT2D eigenvalue weighted by Crippen LogP contribution is 2.27. The molecule has 1 aromatic heterocycles. The summed E-state index contributed by atoms with van der Waals surface area (Å²) in [5.74, 6) is 6.59. The molecule has 0 aliphatic carbocycles. The van der Waals surface area contributed by atoms with Crippen LogP contribution in [-0.4, -0.2) is 6.61 Å². The molecule has 1 atom stereocenters. The molecule has 0 amide bonds. The van der Waals surface area contributed by atoms with Crippen LogP contribution in [0.1, 0.15) is 30.5 Å². The number of ether oxygens (including phenoxy) is 1. The number of nitrogens with two attached hydrogens (primary N) is 1. The lowest BCUT2D eigenvalue weighted by Gasteiger charge is -2.15. The molecule has 0 radical (unpaired) electrons. The Hall–Kier alpha value is -0.630. The number of hydrogen-bond donors (Lipinski definition) is 2. The Bertz CT molecular complexity index is 512. The van der Waals surface area contributed by atoms with Crippen molar-refractivity contribution in [3.8, 4) is 5.75 Å². The molecular weight excluding hydrogens is 371 g/mol. The van der Waals surface area contributed by atoms with Crippen LogP contribution in [0.4, 0.5) is 0 Å². The third-order valence-electron chi connectivity index (χ3n) is 2.77. The second-order valence-corrected chi connectivity index (χ2v) is 7.01. The van der Waals surface area contributed by atoms with Gasteiger partial charge >= 0.3 is 0 Å². The van der Waals surface area contributed by atoms with Gasteiger partial charge in [0, 0.05) is 0 Å². The zero-order valence-electron chi connectivity index (χ0n) is 10.7. The van der Waals surface area contributed by atoms with E-state index in [1.54, 1.807) is 11.3 Å². The molecule has 0 fully saturated rings. The zero-order chi connectivity index (χ0) is 13.7. The first-order valence-electron chi connectivity index (χ1n) is 6.17. The monoisotopic (exact) mass is 388 g/mol. The maximum Gasteiger partial charge on any atom is 0.119 e. The molecule has 0 saturated carbocycles. The number of hydrazine groups is 1. The smallest absolute Gasteiger partial charge is 0.119 e. The zero-order valence-corrected chi connectivity index (χ0v) is 13.7. The van der Waals surface area contributed by atoms with Crippen molar-refractivity contribution in [2.24, 2.45) is 5.84 Å². The van der Waals surface area contributed by atoms with Crippen molar-refractivity contribution in [1.82, 2.24) is 5.43 Å². The van der Waals surface area contributed by atoms with E-state index < -0.39 is 0 Å². The van der Waals surface area contributed by atoms with E-state index >= 15 is 0 Å². The Morgan fingerprint density at radius 2 is 2.05 bits per heavy atom. The second kappa shape index (κ2) is 7.23. The highest BCUT2D eigenvalue weighted by molar-refractivity contribution is 14.1. The lowest BCUT2D eigenvalue weighted by atomic mass is 10.0. The largest absolute Gasteiger partial charge is 0.494 e. The van der Waals surface area contributed by atoms with Gasteiger partial charge in [-0.3, -0.25) is 5.84 Å². The number of rotatable bonds is 6. The predicted octanol–water partition coefficient (Wildman–Crippen LogP) is 3.69. The molecule has 1 heterocycles. The number of nitrogens with one attached hydrogen (secondary N) is 1. The van der Waals surface area contributed by atoms with E-state index in [2.05, 4.69) is 58.5 Å². The van der Waals surface area contributed by atoms with Crippen molar-refractivity contribution >= 4 is 33.9 Å². The summed E-state index contributed by atoms with van der Waals surface area (Å²) in [5, 5.41) is 2.13. The van der Waals surface area contributed by atoms with Crippen LogP contribution < -0.4 is 16.0 Å². The number of halogens is 1. The molecule has 0 aliphatic heterocycles. The first-order valence-corrected chi connectivity index (χ1v) is 8.13. The molecule has 2 rings (SSSR count). The van der Waals surface area contributed by atoms with Crippen LogP contribution in [0.3, 0.4) is 0 Å². The van der Waals surface area contributed by atoms with Crippen molar-refractivity contribution in [2.75, 3.05) is 6.61 Å². The molecule has 1 aromatic carbocycles. The van der Waals surface area contributed by atoms with Gasteiger partial charge in [-0.25, -0.2) is 5.43 Å². The van der Waals surface area contributed by atoms with Gasteiger partial charge in [-0.2, -0.15) is 0 Å². The van der Waals surface area contributed by atoms with Gasteiger partial charge in [-0.15, -0.1) is 11.3 Å². The van der Waals surface area contributed by atoms with E-state index in [0.717, 1.165) is 24.3 Å². The minimum Gasteiger partial charge on any atom is -0.494 e. The number of thiophene rings is 1. The SMILES string of the molecule is CCCOc1ccc(C(NN)c2csc(I)c2)cc1. The average Bonchev–Trinajstić information content (AvgIpc) is 2.85. The van der Waals surface area contributed by atoms with Gasteiger partial charge < -0.3 is 4.74 Å². The first-order chi connectivity index (χ1) is 9.24. The van der Waals surface area contributed by atoms with Crippen LogP contribution in [0.25, 0.3) is 0 Å². The van der Waals surface area contributed by atoms with E-state index in [9.17, 15) is 0 Å². The van der Waals surface area contributed by atoms with E-state index in [1.165, 1.54) is 8.45 Å². The lowest BCUT2D eigenvalue weighted by molar-refractivity contribution is 0.317. The van der Waals surface area contributed by atoms with Gasteiger partial charge in [-0.1, -0.05) is 19.1 Å². The molecule has 0 spiro atoms. The topological polar surface area (TPSA) is 47.3 Å². The Morgan fingerprint density at radius 3 is 2.58 bits per heavy atom. The molecular formula is C14H17IN2OS.